The highest BCUT2D eigenvalue weighted by Crippen LogP contribution is 2.28. The van der Waals surface area contributed by atoms with E-state index < -0.39 is 22.8 Å². The molecule has 0 bridgehead atoms. The molecule has 1 aliphatic heterocycles. The maximum Gasteiger partial charge on any atom is 0.422 e. The molecule has 0 saturated carbocycles. The quantitative estimate of drug-likeness (QED) is 0.246. The van der Waals surface area contributed by atoms with Crippen molar-refractivity contribution in [1.29, 1.82) is 0 Å². The van der Waals surface area contributed by atoms with E-state index in [0.29, 0.717) is 55.7 Å². The number of rotatable bonds is 9. The molecule has 1 amide bonds. The zero-order chi connectivity index (χ0) is 31.6. The van der Waals surface area contributed by atoms with E-state index in [1.54, 1.807) is 30.3 Å². The van der Waals surface area contributed by atoms with Crippen LogP contribution in [0.15, 0.2) is 66.9 Å². The summed E-state index contributed by atoms with van der Waals surface area (Å²) in [6.45, 7) is 1.69. The summed E-state index contributed by atoms with van der Waals surface area (Å²) in [5.74, 6) is 0.900. The Balaban J connectivity index is 0.00000461. The summed E-state index contributed by atoms with van der Waals surface area (Å²) in [5, 5.41) is 0.877. The number of sulfonamides is 1. The number of amides is 1. The van der Waals surface area contributed by atoms with Crippen LogP contribution in [0.2, 0.25) is 0 Å². The highest BCUT2D eigenvalue weighted by molar-refractivity contribution is 7.92. The summed E-state index contributed by atoms with van der Waals surface area (Å²) in [6.07, 6.45) is -1.85. The highest BCUT2D eigenvalue weighted by Gasteiger charge is 2.28. The second-order valence-corrected chi connectivity index (χ2v) is 12.6. The number of piperazine rings is 1. The molecule has 0 unspecified atom stereocenters. The average molecular weight is 668 g/mol. The average Bonchev–Trinajstić information content (AvgIpc) is 3.31. The van der Waals surface area contributed by atoms with Gasteiger partial charge >= 0.3 is 6.18 Å². The van der Waals surface area contributed by atoms with Gasteiger partial charge in [0.1, 0.15) is 17.2 Å². The summed E-state index contributed by atoms with van der Waals surface area (Å²) in [5.41, 5.74) is 2.71. The van der Waals surface area contributed by atoms with Gasteiger partial charge in [0.2, 0.25) is 15.9 Å². The first kappa shape index (κ1) is 33.9. The van der Waals surface area contributed by atoms with Crippen LogP contribution in [0.1, 0.15) is 16.1 Å². The fraction of sp³-hybridized carbons (Fsp3) is 0.333. The van der Waals surface area contributed by atoms with E-state index in [4.69, 9.17) is 9.47 Å². The molecule has 0 radical (unpaired) electrons. The number of carbonyl (C=O) groups excluding carboxylic acids is 1. The molecule has 3 heterocycles. The molecule has 2 aromatic carbocycles. The molecule has 0 aliphatic carbocycles. The number of ether oxygens (including phenoxy) is 2. The summed E-state index contributed by atoms with van der Waals surface area (Å²) < 4.78 is 74.2. The lowest BCUT2D eigenvalue weighted by atomic mass is 10.2. The minimum atomic E-state index is -4.38. The second-order valence-electron chi connectivity index (χ2n) is 10.6. The number of nitrogens with zero attached hydrogens (tertiary/aromatic N) is 5. The van der Waals surface area contributed by atoms with Crippen LogP contribution in [0.3, 0.4) is 0 Å². The van der Waals surface area contributed by atoms with Gasteiger partial charge in [-0.05, 0) is 42.0 Å². The molecule has 15 heteroatoms. The zero-order valence-corrected chi connectivity index (χ0v) is 26.5. The molecule has 5 rings (SSSR count). The largest absolute Gasteiger partial charge is 0.484 e. The molecule has 1 fully saturated rings. The Bertz CT molecular complexity index is 1740. The number of carbonyl (C=O) groups is 1. The van der Waals surface area contributed by atoms with E-state index in [1.807, 2.05) is 34.7 Å². The van der Waals surface area contributed by atoms with Crippen LogP contribution in [0.4, 0.5) is 18.9 Å². The van der Waals surface area contributed by atoms with Crippen LogP contribution in [-0.4, -0.2) is 85.9 Å². The number of hydrogen-bond donors (Lipinski definition) is 0. The minimum absolute atomic E-state index is 0. The van der Waals surface area contributed by atoms with E-state index in [9.17, 15) is 26.4 Å². The van der Waals surface area contributed by atoms with Gasteiger partial charge in [-0.1, -0.05) is 12.1 Å². The molecular formula is C30H33ClF3N5O5S. The van der Waals surface area contributed by atoms with Crippen LogP contribution in [-0.2, 0) is 23.6 Å². The van der Waals surface area contributed by atoms with Crippen molar-refractivity contribution in [3.8, 4) is 17.4 Å². The van der Waals surface area contributed by atoms with Crippen LogP contribution in [0.5, 0.6) is 17.4 Å². The summed E-state index contributed by atoms with van der Waals surface area (Å²) >= 11 is 0. The Morgan fingerprint density at radius 2 is 1.64 bits per heavy atom. The number of fused-ring (bicyclic) bond motifs is 1. The van der Waals surface area contributed by atoms with Gasteiger partial charge < -0.3 is 18.9 Å². The van der Waals surface area contributed by atoms with E-state index in [0.717, 1.165) is 27.0 Å². The van der Waals surface area contributed by atoms with Crippen molar-refractivity contribution < 1.29 is 35.9 Å². The number of hydrogen-bond acceptors (Lipinski definition) is 7. The molecule has 4 aromatic rings. The Morgan fingerprint density at radius 3 is 2.24 bits per heavy atom. The lowest BCUT2D eigenvalue weighted by molar-refractivity contribution is -0.153. The fourth-order valence-corrected chi connectivity index (χ4v) is 5.39. The van der Waals surface area contributed by atoms with E-state index in [-0.39, 0.29) is 24.1 Å². The number of anilines is 1. The number of benzene rings is 2. The first-order chi connectivity index (χ1) is 20.8. The molecule has 242 valence electrons. The van der Waals surface area contributed by atoms with E-state index in [2.05, 4.69) is 9.88 Å². The third kappa shape index (κ3) is 8.38. The van der Waals surface area contributed by atoms with Gasteiger partial charge in [-0.25, -0.2) is 13.4 Å². The van der Waals surface area contributed by atoms with Crippen molar-refractivity contribution in [2.45, 2.75) is 12.7 Å². The predicted octanol–water partition coefficient (Wildman–Crippen LogP) is 5.08. The lowest BCUT2D eigenvalue weighted by Gasteiger charge is -2.34. The van der Waals surface area contributed by atoms with Gasteiger partial charge in [0.25, 0.3) is 5.91 Å². The van der Waals surface area contributed by atoms with Crippen molar-refractivity contribution in [3.05, 3.63) is 78.1 Å². The van der Waals surface area contributed by atoms with Gasteiger partial charge in [0.15, 0.2) is 6.61 Å². The van der Waals surface area contributed by atoms with Crippen LogP contribution >= 0.6 is 12.4 Å². The summed E-state index contributed by atoms with van der Waals surface area (Å²) in [7, 11) is -0.136. The molecular weight excluding hydrogens is 635 g/mol. The van der Waals surface area contributed by atoms with E-state index >= 15 is 0 Å². The number of halogens is 4. The summed E-state index contributed by atoms with van der Waals surface area (Å²) in [6, 6.07) is 17.1. The normalized spacial score (nSPS) is 14.2. The molecule has 0 N–H and O–H groups in total. The molecule has 45 heavy (non-hydrogen) atoms. The van der Waals surface area contributed by atoms with Gasteiger partial charge in [-0.2, -0.15) is 13.2 Å². The monoisotopic (exact) mass is 667 g/mol. The third-order valence-corrected chi connectivity index (χ3v) is 8.64. The van der Waals surface area contributed by atoms with E-state index in [1.165, 1.54) is 25.4 Å². The van der Waals surface area contributed by atoms with Crippen LogP contribution < -0.4 is 13.8 Å². The van der Waals surface area contributed by atoms with Crippen molar-refractivity contribution in [2.75, 3.05) is 50.4 Å². The fourth-order valence-electron chi connectivity index (χ4n) is 4.90. The number of aryl methyl sites for hydroxylation is 1. The standard InChI is InChI=1S/C30H32F3N5O5S.ClH/c1-35-26-17-25(43-28-11-7-23(18-34-28)36(2)44(3,40)41)10-6-22(26)16-27(35)29(39)38-14-12-37(13-15-38)19-21-4-8-24(9-5-21)42-20-30(31,32)33;/h4-11,16-18H,12-15,19-20H2,1-3H3;1H. The summed E-state index contributed by atoms with van der Waals surface area (Å²) in [4.78, 5) is 21.7. The Labute approximate surface area is 265 Å². The lowest BCUT2D eigenvalue weighted by Crippen LogP contribution is -2.48. The van der Waals surface area contributed by atoms with Crippen LogP contribution in [0, 0.1) is 0 Å². The van der Waals surface area contributed by atoms with Gasteiger partial charge in [0.05, 0.1) is 23.7 Å². The number of aromatic nitrogens is 2. The molecule has 1 saturated heterocycles. The van der Waals surface area contributed by atoms with Gasteiger partial charge in [0, 0.05) is 64.3 Å². The molecule has 10 nitrogen and oxygen atoms in total. The first-order valence-electron chi connectivity index (χ1n) is 13.7. The van der Waals surface area contributed by atoms with Gasteiger partial charge in [-0.3, -0.25) is 14.0 Å². The maximum atomic E-state index is 13.5. The molecule has 0 atom stereocenters. The Morgan fingerprint density at radius 1 is 0.978 bits per heavy atom. The van der Waals surface area contributed by atoms with Crippen molar-refractivity contribution in [3.63, 3.8) is 0 Å². The minimum Gasteiger partial charge on any atom is -0.484 e. The first-order valence-corrected chi connectivity index (χ1v) is 15.6. The molecule has 2 aromatic heterocycles. The SMILES string of the molecule is CN(c1ccc(Oc2ccc3cc(C(=O)N4CCN(Cc5ccc(OCC(F)(F)F)cc5)CC4)n(C)c3c2)nc1)S(C)(=O)=O.Cl. The zero-order valence-electron chi connectivity index (χ0n) is 24.8. The number of pyridine rings is 1. The molecule has 0 spiro atoms. The predicted molar refractivity (Wildman–Crippen MR) is 167 cm³/mol. The van der Waals surface area contributed by atoms with Crippen molar-refractivity contribution in [1.82, 2.24) is 19.4 Å². The molecule has 1 aliphatic rings. The third-order valence-electron chi connectivity index (χ3n) is 7.43. The van der Waals surface area contributed by atoms with Crippen molar-refractivity contribution in [2.24, 2.45) is 7.05 Å². The topological polar surface area (TPSA) is 97.2 Å². The van der Waals surface area contributed by atoms with Gasteiger partial charge in [-0.15, -0.1) is 12.4 Å². The second kappa shape index (κ2) is 13.5. The highest BCUT2D eigenvalue weighted by atomic mass is 35.5. The maximum absolute atomic E-state index is 13.5. The smallest absolute Gasteiger partial charge is 0.422 e. The van der Waals surface area contributed by atoms with Crippen LogP contribution in [0.25, 0.3) is 10.9 Å². The Hall–Kier alpha value is -4.01. The van der Waals surface area contributed by atoms with Crippen molar-refractivity contribution >= 4 is 44.9 Å². The Kier molecular flexibility index (Phi) is 10.2. The number of alkyl halides is 3.